The lowest BCUT2D eigenvalue weighted by atomic mass is 9.91. The molecule has 2 aliphatic rings. The fourth-order valence-electron chi connectivity index (χ4n) is 3.01. The van der Waals surface area contributed by atoms with E-state index in [0.29, 0.717) is 6.04 Å². The molecule has 2 aliphatic heterocycles. The van der Waals surface area contributed by atoms with Crippen molar-refractivity contribution in [2.24, 2.45) is 0 Å². The lowest BCUT2D eigenvalue weighted by molar-refractivity contribution is -0.202. The van der Waals surface area contributed by atoms with Gasteiger partial charge in [0.15, 0.2) is 0 Å². The number of hydrogen-bond donors (Lipinski definition) is 1. The summed E-state index contributed by atoms with van der Waals surface area (Å²) >= 11 is 0. The minimum atomic E-state index is -0.127. The van der Waals surface area contributed by atoms with Crippen molar-refractivity contribution < 1.29 is 9.47 Å². The van der Waals surface area contributed by atoms with Crippen molar-refractivity contribution in [2.75, 3.05) is 13.2 Å². The molecule has 2 atom stereocenters. The molecule has 2 saturated heterocycles. The Morgan fingerprint density at radius 2 is 2.00 bits per heavy atom. The number of ether oxygens (including phenoxy) is 2. The van der Waals surface area contributed by atoms with E-state index in [0.717, 1.165) is 38.9 Å². The maximum Gasteiger partial charge on any atom is 0.122 e. The summed E-state index contributed by atoms with van der Waals surface area (Å²) in [6, 6.07) is 0.534. The lowest BCUT2D eigenvalue weighted by Gasteiger charge is -2.48. The minimum absolute atomic E-state index is 0.00495. The summed E-state index contributed by atoms with van der Waals surface area (Å²) in [5, 5.41) is 3.63. The Hall–Kier alpha value is -0.120. The predicted octanol–water partition coefficient (Wildman–Crippen LogP) is 2.06. The maximum atomic E-state index is 6.26. The van der Waals surface area contributed by atoms with Gasteiger partial charge in [0.2, 0.25) is 0 Å². The van der Waals surface area contributed by atoms with Gasteiger partial charge in [-0.1, -0.05) is 0 Å². The molecule has 0 bridgehead atoms. The van der Waals surface area contributed by atoms with Gasteiger partial charge in [-0.3, -0.25) is 5.32 Å². The lowest BCUT2D eigenvalue weighted by Crippen LogP contribution is -2.61. The average Bonchev–Trinajstić information content (AvgIpc) is 2.26. The monoisotopic (exact) mass is 213 g/mol. The maximum absolute atomic E-state index is 6.26. The van der Waals surface area contributed by atoms with Crippen molar-refractivity contribution in [3.63, 3.8) is 0 Å². The van der Waals surface area contributed by atoms with E-state index in [1.54, 1.807) is 0 Å². The van der Waals surface area contributed by atoms with Crippen molar-refractivity contribution >= 4 is 0 Å². The van der Waals surface area contributed by atoms with E-state index in [-0.39, 0.29) is 11.3 Å². The first kappa shape index (κ1) is 11.4. The fourth-order valence-corrected chi connectivity index (χ4v) is 3.01. The van der Waals surface area contributed by atoms with Gasteiger partial charge >= 0.3 is 0 Å². The van der Waals surface area contributed by atoms with Crippen LogP contribution in [0.15, 0.2) is 0 Å². The van der Waals surface area contributed by atoms with Gasteiger partial charge in [-0.15, -0.1) is 0 Å². The summed E-state index contributed by atoms with van der Waals surface area (Å²) in [6.45, 7) is 8.32. The SMILES string of the molecule is CC1CC(C)(C)OC2(CCCOCC2)N1. The molecule has 2 heterocycles. The van der Waals surface area contributed by atoms with Crippen LogP contribution in [0.4, 0.5) is 0 Å². The molecule has 2 fully saturated rings. The van der Waals surface area contributed by atoms with Crippen molar-refractivity contribution in [2.45, 2.75) is 63.8 Å². The van der Waals surface area contributed by atoms with Gasteiger partial charge in [-0.25, -0.2) is 0 Å². The molecule has 88 valence electrons. The van der Waals surface area contributed by atoms with E-state index in [2.05, 4.69) is 26.1 Å². The largest absolute Gasteiger partial charge is 0.381 e. The van der Waals surface area contributed by atoms with Crippen LogP contribution in [-0.2, 0) is 9.47 Å². The molecule has 2 rings (SSSR count). The molecule has 1 spiro atoms. The molecule has 0 aromatic heterocycles. The highest BCUT2D eigenvalue weighted by Crippen LogP contribution is 2.35. The van der Waals surface area contributed by atoms with Crippen molar-refractivity contribution in [3.05, 3.63) is 0 Å². The molecule has 2 unspecified atom stereocenters. The Labute approximate surface area is 92.5 Å². The van der Waals surface area contributed by atoms with Crippen molar-refractivity contribution in [3.8, 4) is 0 Å². The quantitative estimate of drug-likeness (QED) is 0.668. The van der Waals surface area contributed by atoms with Crippen LogP contribution < -0.4 is 5.32 Å². The van der Waals surface area contributed by atoms with Crippen molar-refractivity contribution in [1.82, 2.24) is 5.32 Å². The number of hydrogen-bond acceptors (Lipinski definition) is 3. The van der Waals surface area contributed by atoms with Crippen LogP contribution in [0.2, 0.25) is 0 Å². The molecule has 0 amide bonds. The molecule has 1 N–H and O–H groups in total. The van der Waals surface area contributed by atoms with E-state index in [1.165, 1.54) is 0 Å². The van der Waals surface area contributed by atoms with Crippen LogP contribution in [0, 0.1) is 0 Å². The van der Waals surface area contributed by atoms with Gasteiger partial charge in [0, 0.05) is 19.1 Å². The highest BCUT2D eigenvalue weighted by Gasteiger charge is 2.43. The standard InChI is InChI=1S/C12H23NO2/c1-10-9-11(2,3)15-12(13-10)5-4-7-14-8-6-12/h10,13H,4-9H2,1-3H3. The van der Waals surface area contributed by atoms with Crippen LogP contribution in [-0.4, -0.2) is 30.6 Å². The second kappa shape index (κ2) is 4.04. The summed E-state index contributed by atoms with van der Waals surface area (Å²) in [5.74, 6) is 0. The summed E-state index contributed by atoms with van der Waals surface area (Å²) in [6.07, 6.45) is 4.22. The van der Waals surface area contributed by atoms with Gasteiger partial charge in [0.25, 0.3) is 0 Å². The van der Waals surface area contributed by atoms with E-state index < -0.39 is 0 Å². The Kier molecular flexibility index (Phi) is 3.06. The molecule has 0 aromatic carbocycles. The van der Waals surface area contributed by atoms with Crippen LogP contribution in [0.1, 0.15) is 46.5 Å². The zero-order chi connectivity index (χ0) is 10.9. The topological polar surface area (TPSA) is 30.5 Å². The highest BCUT2D eigenvalue weighted by molar-refractivity contribution is 4.92. The normalized spacial score (nSPS) is 41.4. The van der Waals surface area contributed by atoms with Gasteiger partial charge in [0.1, 0.15) is 5.72 Å². The minimum Gasteiger partial charge on any atom is -0.381 e. The molecular formula is C12H23NO2. The first-order valence-corrected chi connectivity index (χ1v) is 6.07. The van der Waals surface area contributed by atoms with E-state index in [1.807, 2.05) is 0 Å². The number of nitrogens with one attached hydrogen (secondary N) is 1. The number of rotatable bonds is 0. The molecule has 15 heavy (non-hydrogen) atoms. The summed E-state index contributed by atoms with van der Waals surface area (Å²) < 4.78 is 11.8. The molecule has 0 aromatic rings. The Balaban J connectivity index is 2.11. The summed E-state index contributed by atoms with van der Waals surface area (Å²) in [4.78, 5) is 0. The summed E-state index contributed by atoms with van der Waals surface area (Å²) in [7, 11) is 0. The second-order valence-electron chi connectivity index (χ2n) is 5.57. The fraction of sp³-hybridized carbons (Fsp3) is 1.00. The van der Waals surface area contributed by atoms with E-state index in [9.17, 15) is 0 Å². The van der Waals surface area contributed by atoms with Gasteiger partial charge < -0.3 is 9.47 Å². The van der Waals surface area contributed by atoms with Crippen LogP contribution in [0.3, 0.4) is 0 Å². The molecular weight excluding hydrogens is 190 g/mol. The second-order valence-corrected chi connectivity index (χ2v) is 5.57. The first-order chi connectivity index (χ1) is 7.02. The predicted molar refractivity (Wildman–Crippen MR) is 59.8 cm³/mol. The zero-order valence-corrected chi connectivity index (χ0v) is 10.1. The first-order valence-electron chi connectivity index (χ1n) is 6.07. The molecule has 0 radical (unpaired) electrons. The van der Waals surface area contributed by atoms with Crippen molar-refractivity contribution in [1.29, 1.82) is 0 Å². The highest BCUT2D eigenvalue weighted by atomic mass is 16.5. The zero-order valence-electron chi connectivity index (χ0n) is 10.1. The Morgan fingerprint density at radius 3 is 2.73 bits per heavy atom. The van der Waals surface area contributed by atoms with Gasteiger partial charge in [-0.05, 0) is 40.0 Å². The van der Waals surface area contributed by atoms with E-state index >= 15 is 0 Å². The Morgan fingerprint density at radius 1 is 1.20 bits per heavy atom. The van der Waals surface area contributed by atoms with Gasteiger partial charge in [-0.2, -0.15) is 0 Å². The van der Waals surface area contributed by atoms with E-state index in [4.69, 9.17) is 9.47 Å². The van der Waals surface area contributed by atoms with Gasteiger partial charge in [0.05, 0.1) is 12.2 Å². The third-order valence-corrected chi connectivity index (χ3v) is 3.30. The molecule has 3 nitrogen and oxygen atoms in total. The third-order valence-electron chi connectivity index (χ3n) is 3.30. The van der Waals surface area contributed by atoms with Crippen LogP contribution >= 0.6 is 0 Å². The third kappa shape index (κ3) is 2.71. The molecule has 0 saturated carbocycles. The molecule has 3 heteroatoms. The Bertz CT molecular complexity index is 220. The smallest absolute Gasteiger partial charge is 0.122 e. The van der Waals surface area contributed by atoms with Crippen LogP contribution in [0.5, 0.6) is 0 Å². The summed E-state index contributed by atoms with van der Waals surface area (Å²) in [5.41, 5.74) is -0.132. The molecule has 0 aliphatic carbocycles. The average molecular weight is 213 g/mol. The van der Waals surface area contributed by atoms with Crippen LogP contribution in [0.25, 0.3) is 0 Å².